The first-order chi connectivity index (χ1) is 10.4. The Morgan fingerprint density at radius 3 is 2.32 bits per heavy atom. The lowest BCUT2D eigenvalue weighted by molar-refractivity contribution is -0.124. The molecule has 22 heavy (non-hydrogen) atoms. The predicted molar refractivity (Wildman–Crippen MR) is 86.5 cm³/mol. The number of rotatable bonds is 6. The van der Waals surface area contributed by atoms with E-state index in [9.17, 15) is 9.59 Å². The molecule has 0 radical (unpaired) electrons. The molecule has 2 N–H and O–H groups in total. The molecule has 0 bridgehead atoms. The number of amides is 2. The van der Waals surface area contributed by atoms with Crippen LogP contribution >= 0.6 is 0 Å². The summed E-state index contributed by atoms with van der Waals surface area (Å²) >= 11 is 0. The van der Waals surface area contributed by atoms with Crippen LogP contribution in [0.1, 0.15) is 44.9 Å². The monoisotopic (exact) mass is 306 g/mol. The lowest BCUT2D eigenvalue weighted by Crippen LogP contribution is -2.50. The fourth-order valence-corrected chi connectivity index (χ4v) is 2.29. The van der Waals surface area contributed by atoms with Gasteiger partial charge in [0, 0.05) is 0 Å². The molecule has 1 rings (SSSR count). The summed E-state index contributed by atoms with van der Waals surface area (Å²) < 4.78 is 4.85. The van der Waals surface area contributed by atoms with Gasteiger partial charge < -0.3 is 15.4 Å². The number of hydrogen-bond acceptors (Lipinski definition) is 3. The second kappa shape index (κ2) is 8.41. The normalized spacial score (nSPS) is 13.4. The number of carbonyl (C=O) groups excluding carboxylic acids is 2. The molecule has 0 aromatic heterocycles. The molecule has 2 unspecified atom stereocenters. The van der Waals surface area contributed by atoms with Crippen molar-refractivity contribution in [3.05, 3.63) is 35.4 Å². The van der Waals surface area contributed by atoms with E-state index in [4.69, 9.17) is 4.74 Å². The van der Waals surface area contributed by atoms with Gasteiger partial charge in [-0.05, 0) is 37.8 Å². The van der Waals surface area contributed by atoms with Gasteiger partial charge in [0.1, 0.15) is 6.04 Å². The van der Waals surface area contributed by atoms with Crippen molar-refractivity contribution >= 4 is 12.0 Å². The summed E-state index contributed by atoms with van der Waals surface area (Å²) in [6.45, 7) is 9.71. The van der Waals surface area contributed by atoms with Crippen molar-refractivity contribution in [3.63, 3.8) is 0 Å². The Bertz CT molecular complexity index is 514. The molecule has 2 atom stereocenters. The zero-order valence-corrected chi connectivity index (χ0v) is 14.0. The Morgan fingerprint density at radius 2 is 1.77 bits per heavy atom. The molecule has 0 saturated carbocycles. The maximum Gasteiger partial charge on any atom is 0.407 e. The summed E-state index contributed by atoms with van der Waals surface area (Å²) in [4.78, 5) is 24.0. The highest BCUT2D eigenvalue weighted by molar-refractivity contribution is 5.86. The maximum absolute atomic E-state index is 12.4. The summed E-state index contributed by atoms with van der Waals surface area (Å²) in [7, 11) is 0. The highest BCUT2D eigenvalue weighted by atomic mass is 16.5. The summed E-state index contributed by atoms with van der Waals surface area (Å²) in [6, 6.07) is 7.16. The highest BCUT2D eigenvalue weighted by Crippen LogP contribution is 2.17. The molecular formula is C17H26N2O3. The van der Waals surface area contributed by atoms with E-state index in [1.165, 1.54) is 0 Å². The van der Waals surface area contributed by atoms with Crippen LogP contribution in [0.2, 0.25) is 0 Å². The van der Waals surface area contributed by atoms with Gasteiger partial charge in [-0.1, -0.05) is 38.1 Å². The largest absolute Gasteiger partial charge is 0.450 e. The van der Waals surface area contributed by atoms with Crippen LogP contribution in [-0.2, 0) is 9.53 Å². The number of nitrogens with one attached hydrogen (secondary N) is 2. The average Bonchev–Trinajstić information content (AvgIpc) is 2.44. The second-order valence-electron chi connectivity index (χ2n) is 5.67. The molecule has 1 aromatic rings. The zero-order valence-electron chi connectivity index (χ0n) is 14.0. The summed E-state index contributed by atoms with van der Waals surface area (Å²) in [6.07, 6.45) is -0.570. The van der Waals surface area contributed by atoms with Gasteiger partial charge in [-0.25, -0.2) is 4.79 Å². The molecular weight excluding hydrogens is 280 g/mol. The van der Waals surface area contributed by atoms with Crippen LogP contribution < -0.4 is 10.6 Å². The van der Waals surface area contributed by atoms with Crippen molar-refractivity contribution in [2.45, 2.75) is 46.7 Å². The number of aryl methyl sites for hydroxylation is 1. The standard InChI is InChI=1S/C17H26N2O3/c1-6-22-17(21)19-15(11(2)3)16(20)18-13(5)14-10-8-7-9-12(14)4/h7-11,13,15H,6H2,1-5H3,(H,18,20)(H,19,21). The smallest absolute Gasteiger partial charge is 0.407 e. The fourth-order valence-electron chi connectivity index (χ4n) is 2.29. The van der Waals surface area contributed by atoms with Crippen molar-refractivity contribution in [2.75, 3.05) is 6.61 Å². The van der Waals surface area contributed by atoms with Gasteiger partial charge in [0.25, 0.3) is 0 Å². The molecule has 0 aliphatic heterocycles. The van der Waals surface area contributed by atoms with Crippen LogP contribution in [0.4, 0.5) is 4.79 Å². The first-order valence-electron chi connectivity index (χ1n) is 7.66. The quantitative estimate of drug-likeness (QED) is 0.849. The molecule has 5 nitrogen and oxygen atoms in total. The molecule has 0 fully saturated rings. The number of carbonyl (C=O) groups is 2. The highest BCUT2D eigenvalue weighted by Gasteiger charge is 2.26. The molecule has 1 aromatic carbocycles. The lowest BCUT2D eigenvalue weighted by atomic mass is 10.00. The van der Waals surface area contributed by atoms with Gasteiger partial charge in [-0.3, -0.25) is 4.79 Å². The van der Waals surface area contributed by atoms with Crippen LogP contribution in [-0.4, -0.2) is 24.6 Å². The van der Waals surface area contributed by atoms with Crippen molar-refractivity contribution in [2.24, 2.45) is 5.92 Å². The number of hydrogen-bond donors (Lipinski definition) is 2. The first-order valence-corrected chi connectivity index (χ1v) is 7.66. The Morgan fingerprint density at radius 1 is 1.14 bits per heavy atom. The average molecular weight is 306 g/mol. The molecule has 5 heteroatoms. The van der Waals surface area contributed by atoms with Gasteiger partial charge in [-0.2, -0.15) is 0 Å². The van der Waals surface area contributed by atoms with E-state index >= 15 is 0 Å². The maximum atomic E-state index is 12.4. The minimum atomic E-state index is -0.620. The van der Waals surface area contributed by atoms with Crippen molar-refractivity contribution in [1.82, 2.24) is 10.6 Å². The van der Waals surface area contributed by atoms with E-state index in [1.54, 1.807) is 6.92 Å². The van der Waals surface area contributed by atoms with Crippen LogP contribution in [0.15, 0.2) is 24.3 Å². The molecule has 2 amide bonds. The number of benzene rings is 1. The third-order valence-corrected chi connectivity index (χ3v) is 3.51. The third-order valence-electron chi connectivity index (χ3n) is 3.51. The van der Waals surface area contributed by atoms with E-state index in [-0.39, 0.29) is 24.5 Å². The predicted octanol–water partition coefficient (Wildman–Crippen LogP) is 2.94. The van der Waals surface area contributed by atoms with E-state index in [2.05, 4.69) is 10.6 Å². The minimum Gasteiger partial charge on any atom is -0.450 e. The zero-order chi connectivity index (χ0) is 16.7. The Balaban J connectivity index is 2.75. The van der Waals surface area contributed by atoms with E-state index in [1.807, 2.05) is 52.0 Å². The van der Waals surface area contributed by atoms with E-state index in [0.717, 1.165) is 11.1 Å². The van der Waals surface area contributed by atoms with E-state index < -0.39 is 12.1 Å². The Kier molecular flexibility index (Phi) is 6.89. The lowest BCUT2D eigenvalue weighted by Gasteiger charge is -2.24. The van der Waals surface area contributed by atoms with Gasteiger partial charge >= 0.3 is 6.09 Å². The van der Waals surface area contributed by atoms with Gasteiger partial charge in [0.2, 0.25) is 5.91 Å². The SMILES string of the molecule is CCOC(=O)NC(C(=O)NC(C)c1ccccc1C)C(C)C. The summed E-state index contributed by atoms with van der Waals surface area (Å²) in [5.41, 5.74) is 2.18. The number of alkyl carbamates (subject to hydrolysis) is 1. The van der Waals surface area contributed by atoms with Crippen LogP contribution in [0.3, 0.4) is 0 Å². The molecule has 0 saturated heterocycles. The summed E-state index contributed by atoms with van der Waals surface area (Å²) in [5, 5.41) is 5.57. The van der Waals surface area contributed by atoms with Crippen molar-refractivity contribution in [1.29, 1.82) is 0 Å². The topological polar surface area (TPSA) is 67.4 Å². The number of ether oxygens (including phenoxy) is 1. The van der Waals surface area contributed by atoms with Gasteiger partial charge in [0.15, 0.2) is 0 Å². The molecule has 122 valence electrons. The third kappa shape index (κ3) is 5.06. The minimum absolute atomic E-state index is 0.0338. The first kappa shape index (κ1) is 18.0. The second-order valence-corrected chi connectivity index (χ2v) is 5.67. The molecule has 0 spiro atoms. The Labute approximate surface area is 132 Å². The van der Waals surface area contributed by atoms with Crippen LogP contribution in [0.5, 0.6) is 0 Å². The van der Waals surface area contributed by atoms with Gasteiger partial charge in [0.05, 0.1) is 12.6 Å². The van der Waals surface area contributed by atoms with Gasteiger partial charge in [-0.15, -0.1) is 0 Å². The van der Waals surface area contributed by atoms with Crippen molar-refractivity contribution < 1.29 is 14.3 Å². The van der Waals surface area contributed by atoms with Crippen molar-refractivity contribution in [3.8, 4) is 0 Å². The fraction of sp³-hybridized carbons (Fsp3) is 0.529. The molecule has 0 aliphatic carbocycles. The van der Waals surface area contributed by atoms with Crippen LogP contribution in [0.25, 0.3) is 0 Å². The molecule has 0 heterocycles. The summed E-state index contributed by atoms with van der Waals surface area (Å²) in [5.74, 6) is -0.243. The molecule has 0 aliphatic rings. The Hall–Kier alpha value is -2.04. The van der Waals surface area contributed by atoms with Crippen LogP contribution in [0, 0.1) is 12.8 Å². The van der Waals surface area contributed by atoms with E-state index in [0.29, 0.717) is 0 Å².